The van der Waals surface area contributed by atoms with E-state index < -0.39 is 9.84 Å². The maximum absolute atomic E-state index is 11.6. The molecular formula is C18H28N4O2S. The molecule has 1 aromatic rings. The number of guanidine groups is 1. The predicted octanol–water partition coefficient (Wildman–Crippen LogP) is 1.26. The lowest BCUT2D eigenvalue weighted by atomic mass is 10.1. The second-order valence-corrected chi connectivity index (χ2v) is 9.13. The minimum absolute atomic E-state index is 0.0211. The fraction of sp³-hybridized carbons (Fsp3) is 0.611. The van der Waals surface area contributed by atoms with Crippen LogP contribution in [0.3, 0.4) is 0 Å². The fourth-order valence-corrected chi connectivity index (χ4v) is 5.17. The Morgan fingerprint density at radius 3 is 2.76 bits per heavy atom. The highest BCUT2D eigenvalue weighted by molar-refractivity contribution is 7.91. The van der Waals surface area contributed by atoms with Crippen LogP contribution < -0.4 is 15.5 Å². The number of sulfone groups is 1. The third-order valence-corrected chi connectivity index (χ3v) is 6.60. The number of rotatable bonds is 5. The molecule has 25 heavy (non-hydrogen) atoms. The van der Waals surface area contributed by atoms with E-state index in [2.05, 4.69) is 39.8 Å². The first-order chi connectivity index (χ1) is 12.1. The van der Waals surface area contributed by atoms with Crippen molar-refractivity contribution in [2.45, 2.75) is 25.8 Å². The Bertz CT molecular complexity index is 690. The summed E-state index contributed by atoms with van der Waals surface area (Å²) < 4.78 is 23.2. The summed E-state index contributed by atoms with van der Waals surface area (Å²) in [7, 11) is -2.88. The van der Waals surface area contributed by atoms with Gasteiger partial charge in [0, 0.05) is 37.9 Å². The van der Waals surface area contributed by atoms with Crippen molar-refractivity contribution < 1.29 is 8.42 Å². The zero-order chi connectivity index (χ0) is 17.7. The SMILES string of the molecule is CCNC(=NCC1CCN(c2ccccc2)C1)NC1CCS(=O)(=O)C1. The van der Waals surface area contributed by atoms with Crippen LogP contribution in [0, 0.1) is 5.92 Å². The summed E-state index contributed by atoms with van der Waals surface area (Å²) in [5, 5.41) is 6.52. The molecule has 2 aliphatic rings. The molecule has 2 atom stereocenters. The van der Waals surface area contributed by atoms with Crippen molar-refractivity contribution in [2.24, 2.45) is 10.9 Å². The number of nitrogens with one attached hydrogen (secondary N) is 2. The summed E-state index contributed by atoms with van der Waals surface area (Å²) in [6.45, 7) is 5.64. The van der Waals surface area contributed by atoms with Crippen molar-refractivity contribution in [3.8, 4) is 0 Å². The first-order valence-electron chi connectivity index (χ1n) is 9.11. The van der Waals surface area contributed by atoms with Gasteiger partial charge in [0.15, 0.2) is 15.8 Å². The molecule has 6 nitrogen and oxygen atoms in total. The van der Waals surface area contributed by atoms with E-state index in [0.29, 0.717) is 12.3 Å². The van der Waals surface area contributed by atoms with Crippen LogP contribution in [0.15, 0.2) is 35.3 Å². The van der Waals surface area contributed by atoms with Gasteiger partial charge in [0.25, 0.3) is 0 Å². The number of hydrogen-bond donors (Lipinski definition) is 2. The molecule has 2 unspecified atom stereocenters. The number of benzene rings is 1. The average Bonchev–Trinajstić information content (AvgIpc) is 3.20. The molecule has 1 aromatic carbocycles. The highest BCUT2D eigenvalue weighted by Gasteiger charge is 2.28. The number of nitrogens with zero attached hydrogens (tertiary/aromatic N) is 2. The van der Waals surface area contributed by atoms with Gasteiger partial charge >= 0.3 is 0 Å². The molecule has 2 aliphatic heterocycles. The smallest absolute Gasteiger partial charge is 0.191 e. The van der Waals surface area contributed by atoms with Gasteiger partial charge in [-0.1, -0.05) is 18.2 Å². The minimum atomic E-state index is -2.88. The van der Waals surface area contributed by atoms with Crippen LogP contribution in [0.5, 0.6) is 0 Å². The van der Waals surface area contributed by atoms with Crippen molar-refractivity contribution in [1.29, 1.82) is 0 Å². The Kier molecular flexibility index (Phi) is 5.83. The molecule has 2 saturated heterocycles. The molecule has 7 heteroatoms. The normalized spacial score (nSPS) is 26.0. The van der Waals surface area contributed by atoms with Crippen LogP contribution in [-0.4, -0.2) is 58.1 Å². The molecule has 0 aromatic heterocycles. The van der Waals surface area contributed by atoms with Gasteiger partial charge in [0.2, 0.25) is 0 Å². The highest BCUT2D eigenvalue weighted by atomic mass is 32.2. The lowest BCUT2D eigenvalue weighted by Gasteiger charge is -2.19. The fourth-order valence-electron chi connectivity index (χ4n) is 3.50. The highest BCUT2D eigenvalue weighted by Crippen LogP contribution is 2.23. The monoisotopic (exact) mass is 364 g/mol. The molecule has 0 spiro atoms. The Morgan fingerprint density at radius 2 is 2.08 bits per heavy atom. The summed E-state index contributed by atoms with van der Waals surface area (Å²) in [4.78, 5) is 7.11. The van der Waals surface area contributed by atoms with Crippen LogP contribution in [0.1, 0.15) is 19.8 Å². The molecule has 3 rings (SSSR count). The van der Waals surface area contributed by atoms with Crippen LogP contribution in [0.25, 0.3) is 0 Å². The predicted molar refractivity (Wildman–Crippen MR) is 103 cm³/mol. The summed E-state index contributed by atoms with van der Waals surface area (Å²) in [6.07, 6.45) is 1.80. The summed E-state index contributed by atoms with van der Waals surface area (Å²) >= 11 is 0. The Hall–Kier alpha value is -1.76. The topological polar surface area (TPSA) is 73.8 Å². The summed E-state index contributed by atoms with van der Waals surface area (Å²) in [5.41, 5.74) is 1.27. The second kappa shape index (κ2) is 8.08. The molecule has 0 amide bonds. The Balaban J connectivity index is 1.53. The molecule has 0 bridgehead atoms. The molecule has 0 aliphatic carbocycles. The van der Waals surface area contributed by atoms with Gasteiger partial charge in [-0.2, -0.15) is 0 Å². The van der Waals surface area contributed by atoms with Crippen molar-refractivity contribution >= 4 is 21.5 Å². The largest absolute Gasteiger partial charge is 0.371 e. The zero-order valence-electron chi connectivity index (χ0n) is 14.8. The molecule has 138 valence electrons. The van der Waals surface area contributed by atoms with Crippen LogP contribution in [0.4, 0.5) is 5.69 Å². The number of anilines is 1. The van der Waals surface area contributed by atoms with E-state index in [9.17, 15) is 8.42 Å². The first-order valence-corrected chi connectivity index (χ1v) is 10.9. The van der Waals surface area contributed by atoms with Crippen LogP contribution in [0.2, 0.25) is 0 Å². The van der Waals surface area contributed by atoms with Gasteiger partial charge in [-0.3, -0.25) is 4.99 Å². The van der Waals surface area contributed by atoms with Gasteiger partial charge in [0.1, 0.15) is 0 Å². The van der Waals surface area contributed by atoms with Crippen molar-refractivity contribution in [2.75, 3.05) is 42.6 Å². The number of para-hydroxylation sites is 1. The van der Waals surface area contributed by atoms with E-state index in [-0.39, 0.29) is 17.5 Å². The molecule has 0 radical (unpaired) electrons. The second-order valence-electron chi connectivity index (χ2n) is 6.90. The Labute approximate surface area is 150 Å². The van der Waals surface area contributed by atoms with E-state index in [4.69, 9.17) is 4.99 Å². The molecule has 2 fully saturated rings. The summed E-state index contributed by atoms with van der Waals surface area (Å²) in [5.74, 6) is 1.76. The summed E-state index contributed by atoms with van der Waals surface area (Å²) in [6, 6.07) is 10.5. The number of aliphatic imine (C=N–C) groups is 1. The lowest BCUT2D eigenvalue weighted by Crippen LogP contribution is -2.44. The maximum atomic E-state index is 11.6. The van der Waals surface area contributed by atoms with Crippen molar-refractivity contribution in [1.82, 2.24) is 10.6 Å². The van der Waals surface area contributed by atoms with Gasteiger partial charge < -0.3 is 15.5 Å². The van der Waals surface area contributed by atoms with Gasteiger partial charge in [-0.25, -0.2) is 8.42 Å². The quantitative estimate of drug-likeness (QED) is 0.608. The van der Waals surface area contributed by atoms with E-state index in [1.807, 2.05) is 13.0 Å². The van der Waals surface area contributed by atoms with E-state index in [1.54, 1.807) is 0 Å². The van der Waals surface area contributed by atoms with Crippen molar-refractivity contribution in [3.63, 3.8) is 0 Å². The minimum Gasteiger partial charge on any atom is -0.371 e. The third-order valence-electron chi connectivity index (χ3n) is 4.83. The molecule has 2 heterocycles. The van der Waals surface area contributed by atoms with Gasteiger partial charge in [-0.15, -0.1) is 0 Å². The third kappa shape index (κ3) is 5.11. The molecule has 2 N–H and O–H groups in total. The van der Waals surface area contributed by atoms with Gasteiger partial charge in [-0.05, 0) is 37.8 Å². The number of hydrogen-bond acceptors (Lipinski definition) is 4. The van der Waals surface area contributed by atoms with E-state index in [0.717, 1.165) is 38.6 Å². The average molecular weight is 365 g/mol. The molecule has 0 saturated carbocycles. The first kappa shape index (κ1) is 18.0. The molecular weight excluding hydrogens is 336 g/mol. The Morgan fingerprint density at radius 1 is 1.28 bits per heavy atom. The van der Waals surface area contributed by atoms with Gasteiger partial charge in [0.05, 0.1) is 11.5 Å². The van der Waals surface area contributed by atoms with E-state index in [1.165, 1.54) is 5.69 Å². The maximum Gasteiger partial charge on any atom is 0.191 e. The van der Waals surface area contributed by atoms with Crippen LogP contribution >= 0.6 is 0 Å². The van der Waals surface area contributed by atoms with Crippen LogP contribution in [-0.2, 0) is 9.84 Å². The van der Waals surface area contributed by atoms with Crippen molar-refractivity contribution in [3.05, 3.63) is 30.3 Å². The zero-order valence-corrected chi connectivity index (χ0v) is 15.6. The lowest BCUT2D eigenvalue weighted by molar-refractivity contribution is 0.590. The van der Waals surface area contributed by atoms with E-state index >= 15 is 0 Å². The standard InChI is InChI=1S/C18H28N4O2S/c1-2-19-18(21-16-9-11-25(23,24)14-16)20-12-15-8-10-22(13-15)17-6-4-3-5-7-17/h3-7,15-16H,2,8-14H2,1H3,(H2,19,20,21).